The first-order chi connectivity index (χ1) is 21.8. The van der Waals surface area contributed by atoms with Gasteiger partial charge < -0.3 is 25.0 Å². The first-order valence-electron chi connectivity index (χ1n) is 15.8. The summed E-state index contributed by atoms with van der Waals surface area (Å²) in [5.41, 5.74) is 7.39. The third kappa shape index (κ3) is 7.70. The Balaban J connectivity index is 1.23. The molecule has 2 N–H and O–H groups in total. The summed E-state index contributed by atoms with van der Waals surface area (Å²) in [6.07, 6.45) is 4.35. The number of aryl methyl sites for hydroxylation is 1. The number of halogens is 3. The van der Waals surface area contributed by atoms with Crippen LogP contribution >= 0.6 is 34.8 Å². The van der Waals surface area contributed by atoms with Gasteiger partial charge in [-0.3, -0.25) is 4.79 Å². The zero-order valence-electron chi connectivity index (χ0n) is 25.8. The SMILES string of the molecule is COCCc1ccc(Cl)c(CN(C(=O)C2=C(c3ccc(CCOc4c(Cl)cc(C)cc4Cl)cc3)C[C@@H]3CNC[C@H]2N3)C2CC2)c1. The summed E-state index contributed by atoms with van der Waals surface area (Å²) in [6, 6.07) is 18.9. The monoisotopic (exact) mass is 667 g/mol. The zero-order valence-corrected chi connectivity index (χ0v) is 28.1. The summed E-state index contributed by atoms with van der Waals surface area (Å²) >= 11 is 19.4. The molecule has 238 valence electrons. The second-order valence-corrected chi connectivity index (χ2v) is 13.6. The van der Waals surface area contributed by atoms with E-state index in [0.29, 0.717) is 47.0 Å². The number of methoxy groups -OCH3 is 1. The summed E-state index contributed by atoms with van der Waals surface area (Å²) in [5.74, 6) is 0.627. The van der Waals surface area contributed by atoms with Crippen LogP contribution in [0, 0.1) is 6.92 Å². The highest BCUT2D eigenvalue weighted by molar-refractivity contribution is 6.37. The Kier molecular flexibility index (Phi) is 10.4. The molecule has 0 spiro atoms. The quantitative estimate of drug-likeness (QED) is 0.217. The first-order valence-corrected chi connectivity index (χ1v) is 16.9. The lowest BCUT2D eigenvalue weighted by Gasteiger charge is -2.41. The molecule has 1 saturated heterocycles. The minimum absolute atomic E-state index is 0.0400. The molecule has 0 unspecified atom stereocenters. The molecular formula is C36H40Cl3N3O3. The molecule has 2 heterocycles. The fraction of sp³-hybridized carbons (Fsp3) is 0.417. The second kappa shape index (κ2) is 14.5. The van der Waals surface area contributed by atoms with Gasteiger partial charge in [-0.15, -0.1) is 0 Å². The van der Waals surface area contributed by atoms with Gasteiger partial charge in [-0.1, -0.05) is 71.2 Å². The van der Waals surface area contributed by atoms with Crippen molar-refractivity contribution in [2.45, 2.75) is 63.7 Å². The maximum atomic E-state index is 14.6. The van der Waals surface area contributed by atoms with Crippen molar-refractivity contribution in [2.24, 2.45) is 0 Å². The van der Waals surface area contributed by atoms with Crippen LogP contribution in [0.3, 0.4) is 0 Å². The fourth-order valence-electron chi connectivity index (χ4n) is 6.42. The van der Waals surface area contributed by atoms with Gasteiger partial charge in [0, 0.05) is 55.8 Å². The van der Waals surface area contributed by atoms with E-state index in [-0.39, 0.29) is 24.0 Å². The van der Waals surface area contributed by atoms with E-state index < -0.39 is 0 Å². The van der Waals surface area contributed by atoms with Crippen LogP contribution in [0.15, 0.2) is 60.2 Å². The summed E-state index contributed by atoms with van der Waals surface area (Å²) in [6.45, 7) is 5.16. The molecule has 1 amide bonds. The number of carbonyl (C=O) groups excluding carboxylic acids is 1. The van der Waals surface area contributed by atoms with Crippen molar-refractivity contribution in [3.8, 4) is 5.75 Å². The predicted octanol–water partition coefficient (Wildman–Crippen LogP) is 7.04. The molecule has 6 rings (SSSR count). The Morgan fingerprint density at radius 1 is 0.911 bits per heavy atom. The molecule has 0 aromatic heterocycles. The highest BCUT2D eigenvalue weighted by atomic mass is 35.5. The minimum Gasteiger partial charge on any atom is -0.490 e. The standard InChI is InChI=1S/C36H40Cl3N3O3/c1-22-15-31(38)35(32(39)16-22)45-14-12-23-3-6-25(7-4-23)29-18-27-19-40-20-33(41-27)34(29)36(43)42(28-8-9-28)21-26-17-24(11-13-44-2)5-10-30(26)37/h3-7,10,15-17,27-28,33,40-41H,8-9,11-14,18-21H2,1-2H3/t27-,33-/m1/s1. The molecule has 9 heteroatoms. The number of ether oxygens (including phenoxy) is 2. The number of amides is 1. The Hall–Kier alpha value is -2.58. The number of hydrogen-bond acceptors (Lipinski definition) is 5. The molecule has 1 aliphatic carbocycles. The fourth-order valence-corrected chi connectivity index (χ4v) is 7.31. The van der Waals surface area contributed by atoms with E-state index in [1.807, 2.05) is 31.2 Å². The van der Waals surface area contributed by atoms with Gasteiger partial charge in [0.15, 0.2) is 5.75 Å². The van der Waals surface area contributed by atoms with Gasteiger partial charge in [0.2, 0.25) is 0 Å². The van der Waals surface area contributed by atoms with E-state index in [1.54, 1.807) is 7.11 Å². The van der Waals surface area contributed by atoms with E-state index in [1.165, 1.54) is 0 Å². The molecule has 3 aromatic carbocycles. The average molecular weight is 669 g/mol. The van der Waals surface area contributed by atoms with Gasteiger partial charge in [0.25, 0.3) is 5.91 Å². The molecule has 3 aromatic rings. The number of benzene rings is 3. The number of nitrogens with one attached hydrogen (secondary N) is 2. The van der Waals surface area contributed by atoms with E-state index in [0.717, 1.165) is 77.7 Å². The van der Waals surface area contributed by atoms with Gasteiger partial charge in [0.05, 0.1) is 29.3 Å². The van der Waals surface area contributed by atoms with Crippen molar-refractivity contribution in [3.05, 3.63) is 103 Å². The molecule has 2 atom stereocenters. The van der Waals surface area contributed by atoms with Crippen molar-refractivity contribution < 1.29 is 14.3 Å². The van der Waals surface area contributed by atoms with Crippen LogP contribution in [0.5, 0.6) is 5.75 Å². The highest BCUT2D eigenvalue weighted by Crippen LogP contribution is 2.37. The molecule has 0 radical (unpaired) electrons. The molecule has 45 heavy (non-hydrogen) atoms. The summed E-state index contributed by atoms with van der Waals surface area (Å²) in [7, 11) is 1.71. The topological polar surface area (TPSA) is 62.8 Å². The number of fused-ring (bicyclic) bond motifs is 2. The number of rotatable bonds is 12. The van der Waals surface area contributed by atoms with Crippen molar-refractivity contribution in [3.63, 3.8) is 0 Å². The zero-order chi connectivity index (χ0) is 31.5. The van der Waals surface area contributed by atoms with Gasteiger partial charge in [-0.25, -0.2) is 0 Å². The number of carbonyl (C=O) groups is 1. The molecule has 2 aliphatic heterocycles. The lowest BCUT2D eigenvalue weighted by molar-refractivity contribution is -0.128. The van der Waals surface area contributed by atoms with Gasteiger partial charge in [0.1, 0.15) is 0 Å². The number of piperazine rings is 1. The molecular weight excluding hydrogens is 629 g/mol. The maximum absolute atomic E-state index is 14.6. The van der Waals surface area contributed by atoms with Crippen molar-refractivity contribution in [1.82, 2.24) is 15.5 Å². The van der Waals surface area contributed by atoms with Crippen LogP contribution in [0.1, 0.15) is 47.1 Å². The third-order valence-corrected chi connectivity index (χ3v) is 9.84. The molecule has 2 bridgehead atoms. The normalized spacial score (nSPS) is 19.5. The third-order valence-electron chi connectivity index (χ3n) is 8.91. The summed E-state index contributed by atoms with van der Waals surface area (Å²) in [4.78, 5) is 16.6. The second-order valence-electron chi connectivity index (χ2n) is 12.4. The van der Waals surface area contributed by atoms with Crippen LogP contribution in [0.25, 0.3) is 5.57 Å². The van der Waals surface area contributed by atoms with Gasteiger partial charge in [-0.2, -0.15) is 0 Å². The smallest absolute Gasteiger partial charge is 0.252 e. The number of hydrogen-bond donors (Lipinski definition) is 2. The Labute approximate surface area is 281 Å². The Morgan fingerprint density at radius 2 is 1.62 bits per heavy atom. The lowest BCUT2D eigenvalue weighted by Crippen LogP contribution is -2.60. The van der Waals surface area contributed by atoms with E-state index >= 15 is 0 Å². The minimum atomic E-state index is -0.0400. The predicted molar refractivity (Wildman–Crippen MR) is 183 cm³/mol. The van der Waals surface area contributed by atoms with Crippen LogP contribution in [0.4, 0.5) is 0 Å². The lowest BCUT2D eigenvalue weighted by atomic mass is 9.83. The van der Waals surface area contributed by atoms with Crippen LogP contribution in [-0.2, 0) is 28.9 Å². The Morgan fingerprint density at radius 3 is 2.33 bits per heavy atom. The largest absolute Gasteiger partial charge is 0.490 e. The maximum Gasteiger partial charge on any atom is 0.252 e. The van der Waals surface area contributed by atoms with Crippen molar-refractivity contribution in [2.75, 3.05) is 33.4 Å². The molecule has 1 saturated carbocycles. The molecule has 6 nitrogen and oxygen atoms in total. The average Bonchev–Trinajstić information content (AvgIpc) is 3.87. The summed E-state index contributed by atoms with van der Waals surface area (Å²) < 4.78 is 11.2. The van der Waals surface area contributed by atoms with Gasteiger partial charge >= 0.3 is 0 Å². The first kappa shape index (κ1) is 32.4. The van der Waals surface area contributed by atoms with E-state index in [2.05, 4.69) is 45.9 Å². The van der Waals surface area contributed by atoms with E-state index in [9.17, 15) is 4.79 Å². The number of nitrogens with zero attached hydrogens (tertiary/aromatic N) is 1. The summed E-state index contributed by atoms with van der Waals surface area (Å²) in [5, 5.41) is 9.00. The van der Waals surface area contributed by atoms with Crippen molar-refractivity contribution in [1.29, 1.82) is 0 Å². The van der Waals surface area contributed by atoms with Crippen LogP contribution in [-0.4, -0.2) is 62.3 Å². The highest BCUT2D eigenvalue weighted by Gasteiger charge is 2.41. The Bertz CT molecular complexity index is 1550. The molecule has 3 aliphatic rings. The van der Waals surface area contributed by atoms with Gasteiger partial charge in [-0.05, 0) is 84.2 Å². The van der Waals surface area contributed by atoms with E-state index in [4.69, 9.17) is 44.3 Å². The van der Waals surface area contributed by atoms with Crippen LogP contribution < -0.4 is 15.4 Å². The van der Waals surface area contributed by atoms with Crippen molar-refractivity contribution >= 4 is 46.3 Å². The molecule has 2 fully saturated rings. The van der Waals surface area contributed by atoms with Crippen LogP contribution in [0.2, 0.25) is 15.1 Å².